The van der Waals surface area contributed by atoms with Gasteiger partial charge in [-0.05, 0) is 31.2 Å². The summed E-state index contributed by atoms with van der Waals surface area (Å²) in [5, 5.41) is 20.6. The average molecular weight is 289 g/mol. The number of imidazole rings is 1. The largest absolute Gasteiger partial charge is 0.507 e. The van der Waals surface area contributed by atoms with Crippen LogP contribution in [0.3, 0.4) is 0 Å². The van der Waals surface area contributed by atoms with Gasteiger partial charge >= 0.3 is 0 Å². The van der Waals surface area contributed by atoms with Crippen LogP contribution in [-0.4, -0.2) is 19.8 Å². The van der Waals surface area contributed by atoms with Crippen molar-refractivity contribution in [2.24, 2.45) is 0 Å². The van der Waals surface area contributed by atoms with Crippen LogP contribution in [0.2, 0.25) is 5.02 Å². The molecule has 0 spiro atoms. The highest BCUT2D eigenvalue weighted by atomic mass is 35.5. The number of phenolic OH excluding ortho intramolecular Hbond substituents is 2. The Balaban J connectivity index is 2.40. The molecule has 1 aromatic heterocycles. The molecule has 3 aromatic rings. The summed E-state index contributed by atoms with van der Waals surface area (Å²) < 4.78 is 1.88. The van der Waals surface area contributed by atoms with Gasteiger partial charge in [-0.25, -0.2) is 4.98 Å². The maximum atomic E-state index is 10.0. The number of rotatable bonds is 2. The van der Waals surface area contributed by atoms with Gasteiger partial charge in [-0.15, -0.1) is 0 Å². The Labute approximate surface area is 120 Å². The fourth-order valence-corrected chi connectivity index (χ4v) is 2.67. The molecule has 0 fully saturated rings. The Hall–Kier alpha value is -2.20. The number of para-hydroxylation sites is 1. The summed E-state index contributed by atoms with van der Waals surface area (Å²) in [5.74, 6) is 0.489. The van der Waals surface area contributed by atoms with Crippen LogP contribution in [0.1, 0.15) is 6.92 Å². The van der Waals surface area contributed by atoms with E-state index in [-0.39, 0.29) is 11.5 Å². The van der Waals surface area contributed by atoms with Crippen LogP contribution >= 0.6 is 11.6 Å². The Bertz CT molecular complexity index is 776. The van der Waals surface area contributed by atoms with E-state index in [9.17, 15) is 10.2 Å². The van der Waals surface area contributed by atoms with Crippen molar-refractivity contribution in [3.8, 4) is 22.9 Å². The lowest BCUT2D eigenvalue weighted by Gasteiger charge is -2.09. The summed E-state index contributed by atoms with van der Waals surface area (Å²) in [6.45, 7) is 2.59. The molecule has 0 saturated carbocycles. The van der Waals surface area contributed by atoms with E-state index in [2.05, 4.69) is 4.98 Å². The van der Waals surface area contributed by atoms with Crippen LogP contribution in [0.4, 0.5) is 0 Å². The first-order valence-corrected chi connectivity index (χ1v) is 6.67. The molecule has 20 heavy (non-hydrogen) atoms. The molecule has 0 aliphatic carbocycles. The first-order chi connectivity index (χ1) is 9.63. The van der Waals surface area contributed by atoms with E-state index in [1.807, 2.05) is 23.6 Å². The van der Waals surface area contributed by atoms with Crippen molar-refractivity contribution in [1.29, 1.82) is 0 Å². The molecule has 0 radical (unpaired) electrons. The maximum absolute atomic E-state index is 10.0. The standard InChI is InChI=1S/C15H13ClN2O2/c1-2-18-14-9(16)5-3-6-10(14)17-15(18)13-11(19)7-4-8-12(13)20/h3-8,19-20H,2H2,1H3. The van der Waals surface area contributed by atoms with Gasteiger partial charge in [0.25, 0.3) is 0 Å². The third-order valence-corrected chi connectivity index (χ3v) is 3.58. The Morgan fingerprint density at radius 1 is 1.10 bits per heavy atom. The lowest BCUT2D eigenvalue weighted by Crippen LogP contribution is -1.98. The maximum Gasteiger partial charge on any atom is 0.148 e. The van der Waals surface area contributed by atoms with E-state index in [4.69, 9.17) is 11.6 Å². The normalized spacial score (nSPS) is 11.1. The van der Waals surface area contributed by atoms with Gasteiger partial charge in [0.15, 0.2) is 0 Å². The molecule has 0 atom stereocenters. The molecular formula is C15H13ClN2O2. The first-order valence-electron chi connectivity index (χ1n) is 6.29. The van der Waals surface area contributed by atoms with Crippen molar-refractivity contribution in [2.45, 2.75) is 13.5 Å². The minimum atomic E-state index is -0.00821. The molecule has 0 aliphatic rings. The van der Waals surface area contributed by atoms with Gasteiger partial charge in [0, 0.05) is 6.54 Å². The topological polar surface area (TPSA) is 58.3 Å². The van der Waals surface area contributed by atoms with Gasteiger partial charge in [0.05, 0.1) is 16.1 Å². The molecule has 0 bridgehead atoms. The van der Waals surface area contributed by atoms with Gasteiger partial charge in [-0.3, -0.25) is 0 Å². The number of hydrogen-bond donors (Lipinski definition) is 2. The summed E-state index contributed by atoms with van der Waals surface area (Å²) in [7, 11) is 0. The summed E-state index contributed by atoms with van der Waals surface area (Å²) in [6.07, 6.45) is 0. The highest BCUT2D eigenvalue weighted by Crippen LogP contribution is 2.38. The molecule has 0 saturated heterocycles. The van der Waals surface area contributed by atoms with E-state index in [1.165, 1.54) is 12.1 Å². The highest BCUT2D eigenvalue weighted by Gasteiger charge is 2.19. The quantitative estimate of drug-likeness (QED) is 0.754. The number of phenols is 2. The smallest absolute Gasteiger partial charge is 0.148 e. The number of benzene rings is 2. The second-order valence-electron chi connectivity index (χ2n) is 4.46. The molecule has 0 aliphatic heterocycles. The third kappa shape index (κ3) is 1.80. The summed E-state index contributed by atoms with van der Waals surface area (Å²) in [4.78, 5) is 4.49. The summed E-state index contributed by atoms with van der Waals surface area (Å²) >= 11 is 6.24. The van der Waals surface area contributed by atoms with Crippen molar-refractivity contribution in [2.75, 3.05) is 0 Å². The van der Waals surface area contributed by atoms with E-state index in [0.717, 1.165) is 11.0 Å². The van der Waals surface area contributed by atoms with E-state index < -0.39 is 0 Å². The van der Waals surface area contributed by atoms with Crippen LogP contribution in [0.25, 0.3) is 22.4 Å². The number of halogens is 1. The number of hydrogen-bond acceptors (Lipinski definition) is 3. The second-order valence-corrected chi connectivity index (χ2v) is 4.87. The Morgan fingerprint density at radius 3 is 2.40 bits per heavy atom. The fraction of sp³-hybridized carbons (Fsp3) is 0.133. The number of aryl methyl sites for hydroxylation is 1. The second kappa shape index (κ2) is 4.72. The monoisotopic (exact) mass is 288 g/mol. The van der Waals surface area contributed by atoms with Gasteiger partial charge in [0.1, 0.15) is 22.9 Å². The lowest BCUT2D eigenvalue weighted by atomic mass is 10.1. The molecule has 3 rings (SSSR count). The molecule has 2 aromatic carbocycles. The number of aromatic nitrogens is 2. The van der Waals surface area contributed by atoms with Crippen LogP contribution < -0.4 is 0 Å². The first kappa shape index (κ1) is 12.8. The third-order valence-electron chi connectivity index (χ3n) is 3.28. The van der Waals surface area contributed by atoms with Crippen molar-refractivity contribution < 1.29 is 10.2 Å². The van der Waals surface area contributed by atoms with Crippen molar-refractivity contribution in [1.82, 2.24) is 9.55 Å². The average Bonchev–Trinajstić information content (AvgIpc) is 2.78. The molecule has 5 heteroatoms. The van der Waals surface area contributed by atoms with Gasteiger partial charge in [-0.1, -0.05) is 23.7 Å². The molecular weight excluding hydrogens is 276 g/mol. The number of fused-ring (bicyclic) bond motifs is 1. The molecule has 0 amide bonds. The molecule has 2 N–H and O–H groups in total. The van der Waals surface area contributed by atoms with Gasteiger partial charge < -0.3 is 14.8 Å². The minimum Gasteiger partial charge on any atom is -0.507 e. The zero-order valence-corrected chi connectivity index (χ0v) is 11.6. The Morgan fingerprint density at radius 2 is 1.75 bits per heavy atom. The highest BCUT2D eigenvalue weighted by molar-refractivity contribution is 6.35. The summed E-state index contributed by atoms with van der Waals surface area (Å²) in [5.41, 5.74) is 1.85. The lowest BCUT2D eigenvalue weighted by molar-refractivity contribution is 0.453. The van der Waals surface area contributed by atoms with Crippen molar-refractivity contribution in [3.05, 3.63) is 41.4 Å². The summed E-state index contributed by atoms with van der Waals surface area (Å²) in [6, 6.07) is 10.1. The zero-order chi connectivity index (χ0) is 14.3. The van der Waals surface area contributed by atoms with Crippen molar-refractivity contribution >= 4 is 22.6 Å². The zero-order valence-electron chi connectivity index (χ0n) is 10.8. The Kier molecular flexibility index (Phi) is 3.03. The molecule has 1 heterocycles. The molecule has 102 valence electrons. The van der Waals surface area contributed by atoms with Crippen LogP contribution in [0, 0.1) is 0 Å². The van der Waals surface area contributed by atoms with E-state index in [0.29, 0.717) is 23.0 Å². The number of aromatic hydroxyl groups is 2. The molecule has 4 nitrogen and oxygen atoms in total. The SMILES string of the molecule is CCn1c(-c2c(O)cccc2O)nc2cccc(Cl)c21. The van der Waals surface area contributed by atoms with Crippen molar-refractivity contribution in [3.63, 3.8) is 0 Å². The van der Waals surface area contributed by atoms with Gasteiger partial charge in [0.2, 0.25) is 0 Å². The molecule has 0 unspecified atom stereocenters. The van der Waals surface area contributed by atoms with Crippen LogP contribution in [0.15, 0.2) is 36.4 Å². The predicted octanol–water partition coefficient (Wildman–Crippen LogP) is 3.79. The number of nitrogens with zero attached hydrogens (tertiary/aromatic N) is 2. The van der Waals surface area contributed by atoms with Gasteiger partial charge in [-0.2, -0.15) is 0 Å². The van der Waals surface area contributed by atoms with E-state index in [1.54, 1.807) is 12.1 Å². The minimum absolute atomic E-state index is 0.00821. The van der Waals surface area contributed by atoms with Crippen LogP contribution in [0.5, 0.6) is 11.5 Å². The van der Waals surface area contributed by atoms with E-state index >= 15 is 0 Å². The van der Waals surface area contributed by atoms with Crippen LogP contribution in [-0.2, 0) is 6.54 Å². The predicted molar refractivity (Wildman–Crippen MR) is 79.2 cm³/mol. The fourth-order valence-electron chi connectivity index (χ4n) is 2.40.